The Morgan fingerprint density at radius 3 is 3.07 bits per heavy atom. The van der Waals surface area contributed by atoms with E-state index in [1.165, 1.54) is 0 Å². The van der Waals surface area contributed by atoms with Gasteiger partial charge in [-0.05, 0) is 24.6 Å². The van der Waals surface area contributed by atoms with Gasteiger partial charge in [-0.2, -0.15) is 0 Å². The first-order chi connectivity index (χ1) is 6.90. The van der Waals surface area contributed by atoms with Crippen LogP contribution in [0.1, 0.15) is 5.69 Å². The first-order valence-electron chi connectivity index (χ1n) is 4.40. The average Bonchev–Trinajstić information content (AvgIpc) is 2.71. The van der Waals surface area contributed by atoms with Crippen LogP contribution in [0, 0.1) is 0 Å². The van der Waals surface area contributed by atoms with E-state index in [0.717, 1.165) is 22.9 Å². The second-order valence-electron chi connectivity index (χ2n) is 2.88. The summed E-state index contributed by atoms with van der Waals surface area (Å²) >= 11 is 1.66. The highest BCUT2D eigenvalue weighted by atomic mass is 32.1. The predicted octanol–water partition coefficient (Wildman–Crippen LogP) is 1.92. The molecule has 14 heavy (non-hydrogen) atoms. The molecule has 0 fully saturated rings. The van der Waals surface area contributed by atoms with E-state index in [9.17, 15) is 0 Å². The van der Waals surface area contributed by atoms with E-state index in [-0.39, 0.29) is 0 Å². The third kappa shape index (κ3) is 1.97. The molecule has 0 aliphatic rings. The Morgan fingerprint density at radius 2 is 2.36 bits per heavy atom. The van der Waals surface area contributed by atoms with E-state index in [0.29, 0.717) is 0 Å². The number of hydrogen-bond acceptors (Lipinski definition) is 4. The topological polar surface area (TPSA) is 37.8 Å². The lowest BCUT2D eigenvalue weighted by atomic mass is 10.3. The summed E-state index contributed by atoms with van der Waals surface area (Å²) in [5.74, 6) is 0.813. The van der Waals surface area contributed by atoms with E-state index in [4.69, 9.17) is 0 Å². The molecule has 1 N–H and O–H groups in total. The molecule has 0 spiro atoms. The smallest absolute Gasteiger partial charge is 0.169 e. The Labute approximate surface area is 86.8 Å². The third-order valence-corrected chi connectivity index (χ3v) is 2.68. The fourth-order valence-electron chi connectivity index (χ4n) is 1.20. The molecule has 3 nitrogen and oxygen atoms in total. The van der Waals surface area contributed by atoms with Gasteiger partial charge >= 0.3 is 0 Å². The van der Waals surface area contributed by atoms with Crippen molar-refractivity contribution in [2.24, 2.45) is 0 Å². The summed E-state index contributed by atoms with van der Waals surface area (Å²) in [4.78, 5) is 9.79. The van der Waals surface area contributed by atoms with Crippen molar-refractivity contribution >= 4 is 11.3 Å². The molecule has 0 aliphatic carbocycles. The molecule has 0 bridgehead atoms. The van der Waals surface area contributed by atoms with Gasteiger partial charge in [-0.3, -0.25) is 0 Å². The van der Waals surface area contributed by atoms with E-state index >= 15 is 0 Å². The van der Waals surface area contributed by atoms with Crippen molar-refractivity contribution < 1.29 is 0 Å². The van der Waals surface area contributed by atoms with Crippen LogP contribution in [-0.2, 0) is 6.54 Å². The Kier molecular flexibility index (Phi) is 2.86. The average molecular weight is 205 g/mol. The molecule has 0 saturated carbocycles. The van der Waals surface area contributed by atoms with Crippen LogP contribution in [0.3, 0.4) is 0 Å². The zero-order valence-electron chi connectivity index (χ0n) is 7.90. The summed E-state index contributed by atoms with van der Waals surface area (Å²) in [6, 6.07) is 5.96. The maximum absolute atomic E-state index is 4.44. The summed E-state index contributed by atoms with van der Waals surface area (Å²) in [6.07, 6.45) is 1.80. The molecule has 2 heterocycles. The number of nitrogens with one attached hydrogen (secondary N) is 1. The largest absolute Gasteiger partial charge is 0.314 e. The minimum atomic E-state index is 0.779. The minimum absolute atomic E-state index is 0.779. The quantitative estimate of drug-likeness (QED) is 0.832. The molecule has 72 valence electrons. The fraction of sp³-hybridized carbons (Fsp3) is 0.200. The molecule has 2 aromatic heterocycles. The van der Waals surface area contributed by atoms with Gasteiger partial charge in [0.05, 0.1) is 10.6 Å². The molecule has 0 aromatic carbocycles. The number of nitrogens with zero attached hydrogens (tertiary/aromatic N) is 2. The van der Waals surface area contributed by atoms with Crippen molar-refractivity contribution in [3.63, 3.8) is 0 Å². The Bertz CT molecular complexity index is 398. The highest BCUT2D eigenvalue weighted by Gasteiger charge is 2.02. The van der Waals surface area contributed by atoms with Crippen LogP contribution >= 0.6 is 11.3 Å². The summed E-state index contributed by atoms with van der Waals surface area (Å²) in [6.45, 7) is 0.779. The van der Waals surface area contributed by atoms with Gasteiger partial charge < -0.3 is 5.32 Å². The molecule has 2 aromatic rings. The highest BCUT2D eigenvalue weighted by molar-refractivity contribution is 7.13. The standard InChI is InChI=1S/C10H11N3S/c1-11-7-8-4-5-12-10(13-8)9-3-2-6-14-9/h2-6,11H,7H2,1H3. The molecule has 0 unspecified atom stereocenters. The molecular formula is C10H11N3S. The van der Waals surface area contributed by atoms with Gasteiger partial charge in [0, 0.05) is 12.7 Å². The van der Waals surface area contributed by atoms with E-state index in [1.807, 2.05) is 30.6 Å². The molecule has 0 atom stereocenters. The van der Waals surface area contributed by atoms with Crippen LogP contribution in [0.25, 0.3) is 10.7 Å². The van der Waals surface area contributed by atoms with Gasteiger partial charge in [0.1, 0.15) is 0 Å². The number of thiophene rings is 1. The monoisotopic (exact) mass is 205 g/mol. The Morgan fingerprint density at radius 1 is 1.43 bits per heavy atom. The van der Waals surface area contributed by atoms with Crippen molar-refractivity contribution in [3.05, 3.63) is 35.5 Å². The first-order valence-corrected chi connectivity index (χ1v) is 5.28. The van der Waals surface area contributed by atoms with Crippen LogP contribution in [0.2, 0.25) is 0 Å². The molecule has 4 heteroatoms. The third-order valence-electron chi connectivity index (χ3n) is 1.81. The van der Waals surface area contributed by atoms with Crippen LogP contribution in [0.15, 0.2) is 29.8 Å². The predicted molar refractivity (Wildman–Crippen MR) is 58.1 cm³/mol. The number of hydrogen-bond donors (Lipinski definition) is 1. The molecule has 0 aliphatic heterocycles. The van der Waals surface area contributed by atoms with Crippen LogP contribution in [0.4, 0.5) is 0 Å². The maximum Gasteiger partial charge on any atom is 0.169 e. The Balaban J connectivity index is 2.31. The van der Waals surface area contributed by atoms with Gasteiger partial charge in [-0.25, -0.2) is 9.97 Å². The highest BCUT2D eigenvalue weighted by Crippen LogP contribution is 2.20. The lowest BCUT2D eigenvalue weighted by Crippen LogP contribution is -2.07. The van der Waals surface area contributed by atoms with Crippen molar-refractivity contribution in [2.45, 2.75) is 6.54 Å². The first kappa shape index (κ1) is 9.30. The van der Waals surface area contributed by atoms with E-state index in [1.54, 1.807) is 17.5 Å². The second-order valence-corrected chi connectivity index (χ2v) is 3.83. The summed E-state index contributed by atoms with van der Waals surface area (Å²) < 4.78 is 0. The van der Waals surface area contributed by atoms with E-state index in [2.05, 4.69) is 15.3 Å². The van der Waals surface area contributed by atoms with E-state index < -0.39 is 0 Å². The molecule has 0 saturated heterocycles. The molecule has 0 radical (unpaired) electrons. The lowest BCUT2D eigenvalue weighted by Gasteiger charge is -2.00. The van der Waals surface area contributed by atoms with Crippen LogP contribution in [-0.4, -0.2) is 17.0 Å². The molecule has 0 amide bonds. The van der Waals surface area contributed by atoms with Gasteiger partial charge in [0.25, 0.3) is 0 Å². The normalized spacial score (nSPS) is 10.4. The maximum atomic E-state index is 4.44. The minimum Gasteiger partial charge on any atom is -0.314 e. The van der Waals surface area contributed by atoms with Gasteiger partial charge in [-0.1, -0.05) is 6.07 Å². The van der Waals surface area contributed by atoms with Gasteiger partial charge in [0.2, 0.25) is 0 Å². The number of aromatic nitrogens is 2. The van der Waals surface area contributed by atoms with Gasteiger partial charge in [0.15, 0.2) is 5.82 Å². The van der Waals surface area contributed by atoms with Gasteiger partial charge in [-0.15, -0.1) is 11.3 Å². The fourth-order valence-corrected chi connectivity index (χ4v) is 1.86. The summed E-state index contributed by atoms with van der Waals surface area (Å²) in [5, 5.41) is 5.10. The zero-order chi connectivity index (χ0) is 9.80. The van der Waals surface area contributed by atoms with Crippen molar-refractivity contribution in [1.29, 1.82) is 0 Å². The Hall–Kier alpha value is -1.26. The molecular weight excluding hydrogens is 194 g/mol. The number of rotatable bonds is 3. The summed E-state index contributed by atoms with van der Waals surface area (Å²) in [5.41, 5.74) is 1.02. The van der Waals surface area contributed by atoms with Crippen molar-refractivity contribution in [2.75, 3.05) is 7.05 Å². The zero-order valence-corrected chi connectivity index (χ0v) is 8.71. The van der Waals surface area contributed by atoms with Crippen LogP contribution in [0.5, 0.6) is 0 Å². The van der Waals surface area contributed by atoms with Crippen molar-refractivity contribution in [3.8, 4) is 10.7 Å². The molecule has 2 rings (SSSR count). The van der Waals surface area contributed by atoms with Crippen LogP contribution < -0.4 is 5.32 Å². The SMILES string of the molecule is CNCc1ccnc(-c2cccs2)n1. The lowest BCUT2D eigenvalue weighted by molar-refractivity contribution is 0.788. The second kappa shape index (κ2) is 4.30. The summed E-state index contributed by atoms with van der Waals surface area (Å²) in [7, 11) is 1.91. The van der Waals surface area contributed by atoms with Crippen molar-refractivity contribution in [1.82, 2.24) is 15.3 Å².